The second kappa shape index (κ2) is 16.6. The molecule has 6 rings (SSSR count). The van der Waals surface area contributed by atoms with E-state index in [0.29, 0.717) is 47.9 Å². The number of rotatable bonds is 6. The lowest BCUT2D eigenvalue weighted by Gasteiger charge is -2.31. The summed E-state index contributed by atoms with van der Waals surface area (Å²) in [5.74, 6) is 11.2. The van der Waals surface area contributed by atoms with Crippen LogP contribution in [0.15, 0.2) is 47.5 Å². The van der Waals surface area contributed by atoms with E-state index in [9.17, 15) is 19.5 Å². The first-order chi connectivity index (χ1) is 24.5. The Morgan fingerprint density at radius 3 is 2.46 bits per heavy atom. The van der Waals surface area contributed by atoms with E-state index >= 15 is 0 Å². The fourth-order valence-electron chi connectivity index (χ4n) is 6.30. The van der Waals surface area contributed by atoms with E-state index in [1.54, 1.807) is 28.4 Å². The topological polar surface area (TPSA) is 156 Å². The van der Waals surface area contributed by atoms with Crippen molar-refractivity contribution in [1.29, 1.82) is 0 Å². The van der Waals surface area contributed by atoms with Crippen LogP contribution in [0.25, 0.3) is 5.00 Å². The van der Waals surface area contributed by atoms with Crippen molar-refractivity contribution in [3.05, 3.63) is 97.4 Å². The molecule has 2 aliphatic heterocycles. The molecule has 11 nitrogen and oxygen atoms in total. The maximum atomic E-state index is 13.8. The number of aromatic carboxylic acids is 1. The number of halogens is 2. The molecule has 2 amide bonds. The average Bonchev–Trinajstić information content (AvgIpc) is 3.60. The first-order valence-electron chi connectivity index (χ1n) is 16.5. The molecule has 14 heteroatoms. The van der Waals surface area contributed by atoms with Gasteiger partial charge in [-0.3, -0.25) is 19.1 Å². The number of hydrogen-bond acceptors (Lipinski definition) is 8. The van der Waals surface area contributed by atoms with E-state index in [4.69, 9.17) is 22.3 Å². The number of benzene rings is 2. The molecule has 4 heterocycles. The number of carbonyl (C=O) groups excluding carboxylic acids is 2. The predicted octanol–water partition coefficient (Wildman–Crippen LogP) is 5.03. The number of nitrogens with zero attached hydrogens (tertiary/aromatic N) is 5. The van der Waals surface area contributed by atoms with Gasteiger partial charge in [0, 0.05) is 51.2 Å². The Bertz CT molecular complexity index is 2180. The molecule has 0 unspecified atom stereocenters. The summed E-state index contributed by atoms with van der Waals surface area (Å²) in [4.78, 5) is 46.4. The highest BCUT2D eigenvalue weighted by Crippen LogP contribution is 2.40. The van der Waals surface area contributed by atoms with Crippen molar-refractivity contribution in [3.8, 4) is 28.7 Å². The molecule has 1 fully saturated rings. The minimum atomic E-state index is -1.08. The highest BCUT2D eigenvalue weighted by molar-refractivity contribution is 7.15. The lowest BCUT2D eigenvalue weighted by atomic mass is 9.95. The molecule has 0 saturated carbocycles. The van der Waals surface area contributed by atoms with Crippen LogP contribution in [0, 0.1) is 50.4 Å². The SMILES string of the molecule is Cc1sc2c(c1C)C(c1ccc(Cl)cc1)=N[C@@H](CC(=O)N1CCC(C(=O)NCC#Cc3ccc(C(=O)O)c(C#CCN)c3)CC1)c1nnc(C)n1-2.Cl. The van der Waals surface area contributed by atoms with Crippen molar-refractivity contribution in [2.75, 3.05) is 26.2 Å². The zero-order valence-corrected chi connectivity index (χ0v) is 31.2. The van der Waals surface area contributed by atoms with Gasteiger partial charge in [-0.15, -0.1) is 33.9 Å². The molecule has 2 aliphatic rings. The first kappa shape index (κ1) is 38.3. The molecule has 4 N–H and O–H groups in total. The lowest BCUT2D eigenvalue weighted by molar-refractivity contribution is -0.135. The van der Waals surface area contributed by atoms with Crippen molar-refractivity contribution in [1.82, 2.24) is 25.0 Å². The fourth-order valence-corrected chi connectivity index (χ4v) is 7.64. The number of carboxylic acids is 1. The molecule has 268 valence electrons. The number of amides is 2. The summed E-state index contributed by atoms with van der Waals surface area (Å²) in [5.41, 5.74) is 10.2. The van der Waals surface area contributed by atoms with Crippen molar-refractivity contribution < 1.29 is 19.5 Å². The number of nitrogens with two attached hydrogens (primary N) is 1. The number of aliphatic imine (C=N–C) groups is 1. The number of thiophene rings is 1. The second-order valence-corrected chi connectivity index (χ2v) is 14.0. The number of fused-ring (bicyclic) bond motifs is 3. The van der Waals surface area contributed by atoms with Gasteiger partial charge in [0.25, 0.3) is 0 Å². The zero-order chi connectivity index (χ0) is 36.2. The van der Waals surface area contributed by atoms with Gasteiger partial charge >= 0.3 is 5.97 Å². The Kier molecular flexibility index (Phi) is 12.2. The summed E-state index contributed by atoms with van der Waals surface area (Å²) in [5, 5.41) is 22.8. The maximum absolute atomic E-state index is 13.8. The van der Waals surface area contributed by atoms with Crippen LogP contribution >= 0.6 is 35.3 Å². The Morgan fingerprint density at radius 1 is 1.04 bits per heavy atom. The van der Waals surface area contributed by atoms with Crippen LogP contribution in [-0.4, -0.2) is 74.4 Å². The number of carboxylic acid groups (broad SMARTS) is 1. The monoisotopic (exact) mass is 757 g/mol. The van der Waals surface area contributed by atoms with Crippen molar-refractivity contribution >= 4 is 58.8 Å². The molecule has 0 spiro atoms. The number of aromatic nitrogens is 3. The Hall–Kier alpha value is -4.98. The number of carbonyl (C=O) groups is 3. The summed E-state index contributed by atoms with van der Waals surface area (Å²) < 4.78 is 2.03. The van der Waals surface area contributed by atoms with Crippen LogP contribution in [-0.2, 0) is 9.59 Å². The molecular weight excluding hydrogens is 721 g/mol. The minimum Gasteiger partial charge on any atom is -0.478 e. The van der Waals surface area contributed by atoms with E-state index in [2.05, 4.69) is 53.0 Å². The van der Waals surface area contributed by atoms with E-state index in [-0.39, 0.29) is 55.2 Å². The molecule has 2 aromatic carbocycles. The lowest BCUT2D eigenvalue weighted by Crippen LogP contribution is -2.43. The molecule has 0 bridgehead atoms. The summed E-state index contributed by atoms with van der Waals surface area (Å²) in [7, 11) is 0. The summed E-state index contributed by atoms with van der Waals surface area (Å²) in [6.07, 6.45) is 1.17. The van der Waals surface area contributed by atoms with Gasteiger partial charge in [-0.1, -0.05) is 47.4 Å². The number of nitrogens with one attached hydrogen (secondary N) is 1. The van der Waals surface area contributed by atoms with Gasteiger partial charge in [0.05, 0.1) is 30.8 Å². The highest BCUT2D eigenvalue weighted by Gasteiger charge is 2.34. The predicted molar refractivity (Wildman–Crippen MR) is 204 cm³/mol. The molecule has 0 aliphatic carbocycles. The second-order valence-electron chi connectivity index (χ2n) is 12.4. The van der Waals surface area contributed by atoms with Gasteiger partial charge in [-0.2, -0.15) is 0 Å². The van der Waals surface area contributed by atoms with Crippen molar-refractivity contribution in [3.63, 3.8) is 0 Å². The normalized spacial score (nSPS) is 15.0. The smallest absolute Gasteiger partial charge is 0.336 e. The number of hydrogen-bond donors (Lipinski definition) is 3. The Labute approximate surface area is 317 Å². The third-order valence-corrected chi connectivity index (χ3v) is 10.5. The van der Waals surface area contributed by atoms with Gasteiger partial charge in [0.15, 0.2) is 5.82 Å². The zero-order valence-electron chi connectivity index (χ0n) is 28.8. The van der Waals surface area contributed by atoms with Crippen LogP contribution in [0.2, 0.25) is 5.02 Å². The van der Waals surface area contributed by atoms with E-state index in [1.807, 2.05) is 35.8 Å². The van der Waals surface area contributed by atoms with Crippen molar-refractivity contribution in [2.24, 2.45) is 16.6 Å². The van der Waals surface area contributed by atoms with Crippen LogP contribution in [0.4, 0.5) is 0 Å². The largest absolute Gasteiger partial charge is 0.478 e. The summed E-state index contributed by atoms with van der Waals surface area (Å²) in [6, 6.07) is 11.7. The maximum Gasteiger partial charge on any atom is 0.336 e. The Balaban J connectivity index is 0.00000523. The van der Waals surface area contributed by atoms with Crippen LogP contribution in [0.5, 0.6) is 0 Å². The Morgan fingerprint density at radius 2 is 1.77 bits per heavy atom. The third-order valence-electron chi connectivity index (χ3n) is 9.10. The summed E-state index contributed by atoms with van der Waals surface area (Å²) >= 11 is 7.89. The minimum absolute atomic E-state index is 0. The van der Waals surface area contributed by atoms with Gasteiger partial charge in [-0.25, -0.2) is 4.79 Å². The first-order valence-corrected chi connectivity index (χ1v) is 17.7. The van der Waals surface area contributed by atoms with E-state index in [1.165, 1.54) is 10.9 Å². The van der Waals surface area contributed by atoms with Crippen LogP contribution in [0.1, 0.15) is 80.0 Å². The standard InChI is InChI=1S/C38H36ClN7O4S.ClH/c1-22-23(2)51-37-33(22)34(26-9-11-29(39)12-10-26)42-31(35-44-43-24(3)46(35)37)21-32(47)45-18-14-27(15-19-45)36(48)41-17-5-6-25-8-13-30(38(49)50)28(20-25)7-4-16-40;/h8-13,20,27,31H,14-19,21,40H2,1-3H3,(H,41,48)(H,49,50);1H/t31-;/m0./s1. The number of aryl methyl sites for hydroxylation is 2. The van der Waals surface area contributed by atoms with E-state index < -0.39 is 12.0 Å². The van der Waals surface area contributed by atoms with Crippen LogP contribution < -0.4 is 11.1 Å². The molecule has 4 aromatic rings. The fraction of sp³-hybridized carbons (Fsp3) is 0.316. The van der Waals surface area contributed by atoms with Crippen molar-refractivity contribution in [2.45, 2.75) is 46.1 Å². The van der Waals surface area contributed by atoms with Gasteiger partial charge in [-0.05, 0) is 69.5 Å². The van der Waals surface area contributed by atoms with Gasteiger partial charge in [0.1, 0.15) is 16.9 Å². The average molecular weight is 759 g/mol. The number of piperidine rings is 1. The van der Waals surface area contributed by atoms with Gasteiger partial charge in [0.2, 0.25) is 11.8 Å². The molecule has 1 atom stereocenters. The van der Waals surface area contributed by atoms with E-state index in [0.717, 1.165) is 33.2 Å². The van der Waals surface area contributed by atoms with Crippen LogP contribution in [0.3, 0.4) is 0 Å². The summed E-state index contributed by atoms with van der Waals surface area (Å²) in [6.45, 7) is 7.22. The molecule has 2 aromatic heterocycles. The molecule has 1 saturated heterocycles. The quantitative estimate of drug-likeness (QED) is 0.233. The third kappa shape index (κ3) is 8.06. The molecule has 0 radical (unpaired) electrons. The highest BCUT2D eigenvalue weighted by atomic mass is 35.5. The number of likely N-dealkylation sites (tertiary alicyclic amines) is 1. The molecular formula is C38H37Cl2N7O4S. The molecule has 52 heavy (non-hydrogen) atoms. The van der Waals surface area contributed by atoms with Gasteiger partial charge < -0.3 is 21.1 Å².